The fourth-order valence-corrected chi connectivity index (χ4v) is 3.27. The van der Waals surface area contributed by atoms with Crippen molar-refractivity contribution in [1.82, 2.24) is 16.4 Å². The van der Waals surface area contributed by atoms with E-state index in [2.05, 4.69) is 17.1 Å². The summed E-state index contributed by atoms with van der Waals surface area (Å²) < 4.78 is 0. The van der Waals surface area contributed by atoms with E-state index in [0.717, 1.165) is 6.67 Å². The lowest BCUT2D eigenvalue weighted by atomic mass is 10.0. The summed E-state index contributed by atoms with van der Waals surface area (Å²) in [6.45, 7) is 7.18. The second-order valence-corrected chi connectivity index (χ2v) is 6.87. The highest BCUT2D eigenvalue weighted by Crippen LogP contribution is 2.13. The van der Waals surface area contributed by atoms with Crippen LogP contribution in [-0.2, 0) is 0 Å². The van der Waals surface area contributed by atoms with Gasteiger partial charge in [-0.25, -0.2) is 0 Å². The van der Waals surface area contributed by atoms with Crippen molar-refractivity contribution in [3.8, 4) is 0 Å². The maximum Gasteiger partial charge on any atom is 0.0481 e. The molecule has 1 aliphatic rings. The summed E-state index contributed by atoms with van der Waals surface area (Å²) in [4.78, 5) is 2.54. The highest BCUT2D eigenvalue weighted by molar-refractivity contribution is 4.65. The zero-order chi connectivity index (χ0) is 15.0. The summed E-state index contributed by atoms with van der Waals surface area (Å²) in [6.07, 6.45) is 20.4. The predicted octanol–water partition coefficient (Wildman–Crippen LogP) is 5.49. The summed E-state index contributed by atoms with van der Waals surface area (Å²) in [5, 5.41) is 3.40. The minimum atomic E-state index is 0. The van der Waals surface area contributed by atoms with Gasteiger partial charge in [-0.3, -0.25) is 4.90 Å². The predicted molar refractivity (Wildman–Crippen MR) is 99.8 cm³/mol. The molecule has 0 saturated carbocycles. The molecule has 0 atom stereocenters. The van der Waals surface area contributed by atoms with Crippen molar-refractivity contribution < 1.29 is 0 Å². The van der Waals surface area contributed by atoms with Gasteiger partial charge in [0.15, 0.2) is 0 Å². The summed E-state index contributed by atoms with van der Waals surface area (Å²) in [7, 11) is 0. The van der Waals surface area contributed by atoms with Gasteiger partial charge in [0.2, 0.25) is 0 Å². The van der Waals surface area contributed by atoms with Gasteiger partial charge in [-0.1, -0.05) is 90.4 Å². The first kappa shape index (κ1) is 21.9. The minimum absolute atomic E-state index is 0. The van der Waals surface area contributed by atoms with Crippen molar-refractivity contribution in [1.29, 1.82) is 0 Å². The summed E-state index contributed by atoms with van der Waals surface area (Å²) in [5.74, 6) is 0. The van der Waals surface area contributed by atoms with Gasteiger partial charge in [0, 0.05) is 19.8 Å². The lowest BCUT2D eigenvalue weighted by Gasteiger charge is -2.12. The second-order valence-electron chi connectivity index (χ2n) is 6.87. The summed E-state index contributed by atoms with van der Waals surface area (Å²) >= 11 is 0. The topological polar surface area (TPSA) is 50.3 Å². The fourth-order valence-electron chi connectivity index (χ4n) is 3.27. The zero-order valence-corrected chi connectivity index (χ0v) is 15.4. The zero-order valence-electron chi connectivity index (χ0n) is 15.4. The molecule has 3 nitrogen and oxygen atoms in total. The van der Waals surface area contributed by atoms with E-state index in [0.29, 0.717) is 0 Å². The molecule has 0 aromatic heterocycles. The molecule has 3 heteroatoms. The molecule has 0 aromatic rings. The summed E-state index contributed by atoms with van der Waals surface area (Å²) in [6, 6.07) is 0. The third-order valence-electron chi connectivity index (χ3n) is 4.77. The third-order valence-corrected chi connectivity index (χ3v) is 4.77. The Bertz CT molecular complexity index is 203. The van der Waals surface area contributed by atoms with Crippen molar-refractivity contribution in [3.05, 3.63) is 0 Å². The molecular formula is C19H43N3. The molecule has 0 aromatic carbocycles. The van der Waals surface area contributed by atoms with Crippen molar-refractivity contribution in [2.75, 3.05) is 26.3 Å². The minimum Gasteiger partial charge on any atom is -0.344 e. The van der Waals surface area contributed by atoms with E-state index in [1.165, 1.54) is 110 Å². The number of hydrogen-bond donors (Lipinski definition) is 2. The highest BCUT2D eigenvalue weighted by atomic mass is 15.3. The fraction of sp³-hybridized carbons (Fsp3) is 1.00. The van der Waals surface area contributed by atoms with Crippen LogP contribution < -0.4 is 11.5 Å². The quantitative estimate of drug-likeness (QED) is 0.393. The van der Waals surface area contributed by atoms with E-state index in [-0.39, 0.29) is 6.15 Å². The molecule has 1 saturated heterocycles. The van der Waals surface area contributed by atoms with Gasteiger partial charge in [0.25, 0.3) is 0 Å². The smallest absolute Gasteiger partial charge is 0.0481 e. The molecule has 1 heterocycles. The molecule has 1 fully saturated rings. The van der Waals surface area contributed by atoms with Gasteiger partial charge in [-0.05, 0) is 13.0 Å². The molecule has 4 N–H and O–H groups in total. The monoisotopic (exact) mass is 313 g/mol. The lowest BCUT2D eigenvalue weighted by Crippen LogP contribution is -2.22. The number of unbranched alkanes of at least 4 members (excludes halogenated alkanes) is 13. The van der Waals surface area contributed by atoms with Crippen molar-refractivity contribution in [2.24, 2.45) is 0 Å². The number of rotatable bonds is 15. The number of nitrogens with zero attached hydrogens (tertiary/aromatic N) is 1. The van der Waals surface area contributed by atoms with E-state index >= 15 is 0 Å². The van der Waals surface area contributed by atoms with Crippen LogP contribution in [-0.4, -0.2) is 31.2 Å². The molecule has 134 valence electrons. The van der Waals surface area contributed by atoms with Crippen LogP contribution >= 0.6 is 0 Å². The molecule has 0 bridgehead atoms. The van der Waals surface area contributed by atoms with Gasteiger partial charge in [0.05, 0.1) is 0 Å². The van der Waals surface area contributed by atoms with Crippen LogP contribution in [0.5, 0.6) is 0 Å². The maximum absolute atomic E-state index is 3.40. The van der Waals surface area contributed by atoms with Crippen LogP contribution in [0.4, 0.5) is 0 Å². The Hall–Kier alpha value is -0.120. The molecule has 22 heavy (non-hydrogen) atoms. The average Bonchev–Trinajstić information content (AvgIpc) is 3.01. The Morgan fingerprint density at radius 1 is 0.682 bits per heavy atom. The van der Waals surface area contributed by atoms with Crippen LogP contribution in [0.3, 0.4) is 0 Å². The molecule has 0 aliphatic carbocycles. The van der Waals surface area contributed by atoms with E-state index in [1.54, 1.807) is 0 Å². The Morgan fingerprint density at radius 3 is 1.55 bits per heavy atom. The maximum atomic E-state index is 3.40. The first-order chi connectivity index (χ1) is 10.4. The highest BCUT2D eigenvalue weighted by Gasteiger charge is 2.08. The summed E-state index contributed by atoms with van der Waals surface area (Å²) in [5.41, 5.74) is 0. The standard InChI is InChI=1S/C19H40N2.H3N/c1-2-3-4-5-6-7-8-9-10-11-12-13-14-15-17-21-18-16-20-19-21;/h20H,2-19H2,1H3;1H3. The molecule has 0 amide bonds. The SMILES string of the molecule is CCCCCCCCCCCCCCCCN1CCNC1.N. The Labute approximate surface area is 140 Å². The van der Waals surface area contributed by atoms with Crippen LogP contribution in [0.15, 0.2) is 0 Å². The van der Waals surface area contributed by atoms with Crippen molar-refractivity contribution in [3.63, 3.8) is 0 Å². The molecule has 0 radical (unpaired) electrons. The number of hydrogen-bond acceptors (Lipinski definition) is 3. The van der Waals surface area contributed by atoms with Gasteiger partial charge in [-0.15, -0.1) is 0 Å². The van der Waals surface area contributed by atoms with Crippen LogP contribution in [0.2, 0.25) is 0 Å². The Kier molecular flexibility index (Phi) is 17.1. The normalized spacial score (nSPS) is 15.1. The van der Waals surface area contributed by atoms with E-state index in [9.17, 15) is 0 Å². The Balaban J connectivity index is 0.00000441. The third kappa shape index (κ3) is 13.5. The molecule has 1 aliphatic heterocycles. The largest absolute Gasteiger partial charge is 0.344 e. The van der Waals surface area contributed by atoms with Crippen molar-refractivity contribution in [2.45, 2.75) is 96.8 Å². The van der Waals surface area contributed by atoms with Crippen molar-refractivity contribution >= 4 is 0 Å². The van der Waals surface area contributed by atoms with Gasteiger partial charge >= 0.3 is 0 Å². The average molecular weight is 314 g/mol. The van der Waals surface area contributed by atoms with Gasteiger partial charge in [-0.2, -0.15) is 0 Å². The van der Waals surface area contributed by atoms with E-state index in [4.69, 9.17) is 0 Å². The van der Waals surface area contributed by atoms with Gasteiger partial charge in [0.1, 0.15) is 0 Å². The van der Waals surface area contributed by atoms with Crippen LogP contribution in [0.1, 0.15) is 96.8 Å². The Morgan fingerprint density at radius 2 is 1.14 bits per heavy atom. The number of nitrogens with one attached hydrogen (secondary N) is 1. The van der Waals surface area contributed by atoms with Gasteiger partial charge < -0.3 is 11.5 Å². The molecular weight excluding hydrogens is 270 g/mol. The van der Waals surface area contributed by atoms with E-state index in [1.807, 2.05) is 0 Å². The van der Waals surface area contributed by atoms with Crippen LogP contribution in [0.25, 0.3) is 0 Å². The molecule has 0 unspecified atom stereocenters. The lowest BCUT2D eigenvalue weighted by molar-refractivity contribution is 0.324. The van der Waals surface area contributed by atoms with E-state index < -0.39 is 0 Å². The molecule has 0 spiro atoms. The second kappa shape index (κ2) is 17.2. The first-order valence-corrected chi connectivity index (χ1v) is 9.86. The van der Waals surface area contributed by atoms with Crippen LogP contribution in [0, 0.1) is 0 Å². The molecule has 1 rings (SSSR count). The first-order valence-electron chi connectivity index (χ1n) is 9.86.